The van der Waals surface area contributed by atoms with Gasteiger partial charge in [0, 0.05) is 12.7 Å². The molecule has 0 fully saturated rings. The van der Waals surface area contributed by atoms with E-state index in [9.17, 15) is 0 Å². The number of nitrogens with one attached hydrogen (secondary N) is 1. The van der Waals surface area contributed by atoms with Gasteiger partial charge in [0.15, 0.2) is 0 Å². The van der Waals surface area contributed by atoms with Crippen molar-refractivity contribution in [1.82, 2.24) is 5.32 Å². The van der Waals surface area contributed by atoms with E-state index in [0.717, 1.165) is 11.3 Å². The molecule has 14 heavy (non-hydrogen) atoms. The highest BCUT2D eigenvalue weighted by Gasteiger charge is 2.09. The second-order valence-electron chi connectivity index (χ2n) is 3.46. The van der Waals surface area contributed by atoms with Gasteiger partial charge in [0.1, 0.15) is 0 Å². The molecular weight excluding hydrogens is 170 g/mol. The Balaban J connectivity index is 5.30. The van der Waals surface area contributed by atoms with Crippen LogP contribution in [-0.2, 0) is 0 Å². The first-order chi connectivity index (χ1) is 6.58. The van der Waals surface area contributed by atoms with Crippen LogP contribution in [0.25, 0.3) is 0 Å². The lowest BCUT2D eigenvalue weighted by molar-refractivity contribution is 0.751. The largest absolute Gasteiger partial charge is 0.388 e. The molecule has 0 radical (unpaired) electrons. The SMILES string of the molecule is C=CC(/C=C\C)=C(\C(=C)NC)C(C)C. The third-order valence-electron chi connectivity index (χ3n) is 2.08. The lowest BCUT2D eigenvalue weighted by atomic mass is 9.94. The number of hydrogen-bond donors (Lipinski definition) is 1. The van der Waals surface area contributed by atoms with Gasteiger partial charge in [-0.2, -0.15) is 0 Å². The van der Waals surface area contributed by atoms with Crippen molar-refractivity contribution in [3.8, 4) is 0 Å². The summed E-state index contributed by atoms with van der Waals surface area (Å²) in [6.07, 6.45) is 5.95. The summed E-state index contributed by atoms with van der Waals surface area (Å²) in [6, 6.07) is 0. The molecule has 0 atom stereocenters. The molecule has 78 valence electrons. The zero-order valence-corrected chi connectivity index (χ0v) is 9.72. The van der Waals surface area contributed by atoms with Crippen molar-refractivity contribution in [2.45, 2.75) is 20.8 Å². The average molecular weight is 191 g/mol. The van der Waals surface area contributed by atoms with Gasteiger partial charge in [0.25, 0.3) is 0 Å². The number of allylic oxidation sites excluding steroid dienone is 5. The summed E-state index contributed by atoms with van der Waals surface area (Å²) in [4.78, 5) is 0. The summed E-state index contributed by atoms with van der Waals surface area (Å²) in [6.45, 7) is 14.1. The molecule has 0 aliphatic rings. The Bertz CT molecular complexity index is 267. The van der Waals surface area contributed by atoms with E-state index in [2.05, 4.69) is 38.4 Å². The predicted octanol–water partition coefficient (Wildman–Crippen LogP) is 3.43. The quantitative estimate of drug-likeness (QED) is 0.656. The van der Waals surface area contributed by atoms with Gasteiger partial charge in [-0.05, 0) is 24.0 Å². The van der Waals surface area contributed by atoms with Crippen molar-refractivity contribution in [1.29, 1.82) is 0 Å². The van der Waals surface area contributed by atoms with Crippen LogP contribution < -0.4 is 5.32 Å². The first kappa shape index (κ1) is 12.8. The van der Waals surface area contributed by atoms with Crippen LogP contribution in [0.1, 0.15) is 20.8 Å². The zero-order chi connectivity index (χ0) is 11.1. The smallest absolute Gasteiger partial charge is 0.0305 e. The van der Waals surface area contributed by atoms with E-state index < -0.39 is 0 Å². The molecule has 0 unspecified atom stereocenters. The van der Waals surface area contributed by atoms with E-state index in [-0.39, 0.29) is 0 Å². The van der Waals surface area contributed by atoms with Gasteiger partial charge in [0.2, 0.25) is 0 Å². The highest BCUT2D eigenvalue weighted by atomic mass is 14.8. The topological polar surface area (TPSA) is 12.0 Å². The second kappa shape index (κ2) is 6.25. The van der Waals surface area contributed by atoms with Gasteiger partial charge in [0.05, 0.1) is 0 Å². The molecule has 0 bridgehead atoms. The van der Waals surface area contributed by atoms with Crippen molar-refractivity contribution in [3.05, 3.63) is 48.2 Å². The molecule has 0 spiro atoms. The van der Waals surface area contributed by atoms with E-state index in [1.54, 1.807) is 0 Å². The molecule has 0 aromatic heterocycles. The maximum absolute atomic E-state index is 4.00. The first-order valence-corrected chi connectivity index (χ1v) is 4.94. The number of hydrogen-bond acceptors (Lipinski definition) is 1. The van der Waals surface area contributed by atoms with Crippen LogP contribution in [0.15, 0.2) is 48.2 Å². The highest BCUT2D eigenvalue weighted by Crippen LogP contribution is 2.22. The van der Waals surface area contributed by atoms with Crippen molar-refractivity contribution in [3.63, 3.8) is 0 Å². The number of rotatable bonds is 5. The van der Waals surface area contributed by atoms with Gasteiger partial charge >= 0.3 is 0 Å². The zero-order valence-electron chi connectivity index (χ0n) is 9.72. The van der Waals surface area contributed by atoms with Crippen LogP contribution in [0.2, 0.25) is 0 Å². The van der Waals surface area contributed by atoms with Crippen LogP contribution in [0.4, 0.5) is 0 Å². The lowest BCUT2D eigenvalue weighted by Gasteiger charge is -2.16. The molecule has 0 saturated carbocycles. The van der Waals surface area contributed by atoms with Crippen LogP contribution in [-0.4, -0.2) is 7.05 Å². The summed E-state index contributed by atoms with van der Waals surface area (Å²) in [7, 11) is 1.89. The second-order valence-corrected chi connectivity index (χ2v) is 3.46. The minimum atomic E-state index is 0.444. The van der Waals surface area contributed by atoms with Crippen molar-refractivity contribution < 1.29 is 0 Å². The molecule has 1 N–H and O–H groups in total. The van der Waals surface area contributed by atoms with Gasteiger partial charge in [-0.3, -0.25) is 0 Å². The Morgan fingerprint density at radius 2 is 1.93 bits per heavy atom. The minimum Gasteiger partial charge on any atom is -0.388 e. The monoisotopic (exact) mass is 191 g/mol. The fourth-order valence-corrected chi connectivity index (χ4v) is 1.44. The lowest BCUT2D eigenvalue weighted by Crippen LogP contribution is -2.12. The fourth-order valence-electron chi connectivity index (χ4n) is 1.44. The summed E-state index contributed by atoms with van der Waals surface area (Å²) in [5.74, 6) is 0.444. The Kier molecular flexibility index (Phi) is 5.70. The van der Waals surface area contributed by atoms with Crippen molar-refractivity contribution >= 4 is 0 Å². The summed E-state index contributed by atoms with van der Waals surface area (Å²) >= 11 is 0. The molecule has 0 aromatic rings. The highest BCUT2D eigenvalue weighted by molar-refractivity contribution is 5.44. The molecule has 1 nitrogen and oxygen atoms in total. The third-order valence-corrected chi connectivity index (χ3v) is 2.08. The van der Waals surface area contributed by atoms with Crippen LogP contribution in [0, 0.1) is 5.92 Å². The Hall–Kier alpha value is -1.24. The summed E-state index contributed by atoms with van der Waals surface area (Å²) in [5, 5.41) is 3.09. The average Bonchev–Trinajstić information content (AvgIpc) is 2.16. The molecular formula is C13H21N. The molecule has 0 aromatic carbocycles. The Morgan fingerprint density at radius 1 is 1.36 bits per heavy atom. The van der Waals surface area contributed by atoms with Crippen LogP contribution >= 0.6 is 0 Å². The van der Waals surface area contributed by atoms with E-state index in [1.165, 1.54) is 5.57 Å². The maximum Gasteiger partial charge on any atom is 0.0305 e. The summed E-state index contributed by atoms with van der Waals surface area (Å²) in [5.41, 5.74) is 3.33. The molecule has 0 aliphatic heterocycles. The first-order valence-electron chi connectivity index (χ1n) is 4.94. The van der Waals surface area contributed by atoms with Gasteiger partial charge in [-0.1, -0.05) is 45.2 Å². The van der Waals surface area contributed by atoms with Gasteiger partial charge < -0.3 is 5.32 Å². The molecule has 0 amide bonds. The molecule has 0 saturated heterocycles. The molecule has 0 rings (SSSR count). The third kappa shape index (κ3) is 3.25. The summed E-state index contributed by atoms with van der Waals surface area (Å²) < 4.78 is 0. The van der Waals surface area contributed by atoms with Crippen LogP contribution in [0.5, 0.6) is 0 Å². The molecule has 1 heteroatoms. The normalized spacial score (nSPS) is 12.9. The van der Waals surface area contributed by atoms with Gasteiger partial charge in [-0.25, -0.2) is 0 Å². The van der Waals surface area contributed by atoms with E-state index in [1.807, 2.05) is 26.1 Å². The van der Waals surface area contributed by atoms with Crippen LogP contribution in [0.3, 0.4) is 0 Å². The van der Waals surface area contributed by atoms with E-state index in [0.29, 0.717) is 5.92 Å². The van der Waals surface area contributed by atoms with E-state index >= 15 is 0 Å². The Morgan fingerprint density at radius 3 is 2.21 bits per heavy atom. The van der Waals surface area contributed by atoms with Gasteiger partial charge in [-0.15, -0.1) is 0 Å². The van der Waals surface area contributed by atoms with Crippen molar-refractivity contribution in [2.75, 3.05) is 7.05 Å². The van der Waals surface area contributed by atoms with Crippen molar-refractivity contribution in [2.24, 2.45) is 5.92 Å². The molecule has 0 heterocycles. The maximum atomic E-state index is 4.00. The standard InChI is InChI=1S/C13H21N/c1-7-9-12(8-2)13(10(3)4)11(5)14-6/h7-10,14H,2,5H2,1,3-4,6H3/b9-7-,13-12+. The number of likely N-dealkylation sites (N-methyl/N-ethyl adjacent to an activating group) is 1. The fraction of sp³-hybridized carbons (Fsp3) is 0.385. The van der Waals surface area contributed by atoms with E-state index in [4.69, 9.17) is 0 Å². The molecule has 0 aliphatic carbocycles. The predicted molar refractivity (Wildman–Crippen MR) is 65.1 cm³/mol. The Labute approximate surface area is 87.9 Å². The minimum absolute atomic E-state index is 0.444.